The zero-order valence-corrected chi connectivity index (χ0v) is 12.4. The number of carboxylic acids is 1. The van der Waals surface area contributed by atoms with E-state index in [2.05, 4.69) is 4.72 Å². The molecule has 1 atom stereocenters. The summed E-state index contributed by atoms with van der Waals surface area (Å²) in [5.74, 6) is -0.975. The molecule has 8 heteroatoms. The third kappa shape index (κ3) is 5.36. The molecule has 1 unspecified atom stereocenters. The molecule has 1 rings (SSSR count). The number of carbonyl (C=O) groups is 1. The Kier molecular flexibility index (Phi) is 5.61. The summed E-state index contributed by atoms with van der Waals surface area (Å²) in [5.41, 5.74) is 0. The monoisotopic (exact) mass is 325 g/mol. The zero-order valence-electron chi connectivity index (χ0n) is 10.1. The minimum absolute atomic E-state index is 0.0489. The van der Waals surface area contributed by atoms with Crippen molar-refractivity contribution in [2.45, 2.75) is 30.7 Å². The molecule has 1 aromatic carbocycles. The van der Waals surface area contributed by atoms with Crippen LogP contribution in [0.25, 0.3) is 0 Å². The summed E-state index contributed by atoms with van der Waals surface area (Å²) in [4.78, 5) is 10.4. The van der Waals surface area contributed by atoms with E-state index in [1.54, 1.807) is 6.92 Å². The Morgan fingerprint density at radius 3 is 2.32 bits per heavy atom. The van der Waals surface area contributed by atoms with E-state index in [1.807, 2.05) is 0 Å². The topological polar surface area (TPSA) is 83.5 Å². The minimum Gasteiger partial charge on any atom is -0.481 e. The van der Waals surface area contributed by atoms with Crippen molar-refractivity contribution in [1.82, 2.24) is 4.72 Å². The maximum Gasteiger partial charge on any atom is 0.303 e. The van der Waals surface area contributed by atoms with Crippen LogP contribution in [0.5, 0.6) is 0 Å². The smallest absolute Gasteiger partial charge is 0.303 e. The third-order valence-corrected chi connectivity index (χ3v) is 4.30. The average molecular weight is 326 g/mol. The van der Waals surface area contributed by atoms with E-state index in [-0.39, 0.29) is 27.8 Å². The summed E-state index contributed by atoms with van der Waals surface area (Å²) >= 11 is 11.5. The van der Waals surface area contributed by atoms with Crippen molar-refractivity contribution in [2.24, 2.45) is 0 Å². The first-order chi connectivity index (χ1) is 8.70. The summed E-state index contributed by atoms with van der Waals surface area (Å²) in [6.07, 6.45) is 0.0862. The van der Waals surface area contributed by atoms with E-state index in [1.165, 1.54) is 18.2 Å². The summed E-state index contributed by atoms with van der Waals surface area (Å²) in [6, 6.07) is 3.48. The predicted molar refractivity (Wildman–Crippen MR) is 73.1 cm³/mol. The van der Waals surface area contributed by atoms with Gasteiger partial charge in [0, 0.05) is 22.5 Å². The van der Waals surface area contributed by atoms with Gasteiger partial charge in [0.15, 0.2) is 0 Å². The first kappa shape index (κ1) is 16.2. The standard InChI is InChI=1S/C11H13Cl2NO4S/c1-7(2-3-11(15)16)14-19(17,18)10-5-8(12)4-9(13)6-10/h4-7,14H,2-3H2,1H3,(H,15,16). The molecule has 106 valence electrons. The quantitative estimate of drug-likeness (QED) is 0.841. The molecular formula is C11H13Cl2NO4S. The van der Waals surface area contributed by atoms with Crippen LogP contribution in [-0.2, 0) is 14.8 Å². The van der Waals surface area contributed by atoms with E-state index in [0.717, 1.165) is 0 Å². The lowest BCUT2D eigenvalue weighted by molar-refractivity contribution is -0.137. The highest BCUT2D eigenvalue weighted by molar-refractivity contribution is 7.89. The molecule has 0 bridgehead atoms. The fraction of sp³-hybridized carbons (Fsp3) is 0.364. The lowest BCUT2D eigenvalue weighted by atomic mass is 10.2. The number of aliphatic carboxylic acids is 1. The van der Waals surface area contributed by atoms with E-state index < -0.39 is 22.0 Å². The van der Waals surface area contributed by atoms with Gasteiger partial charge in [0.1, 0.15) is 0 Å². The number of carboxylic acid groups (broad SMARTS) is 1. The number of hydrogen-bond donors (Lipinski definition) is 2. The Labute approximate surface area is 121 Å². The van der Waals surface area contributed by atoms with Gasteiger partial charge in [-0.25, -0.2) is 13.1 Å². The molecule has 0 aliphatic rings. The Balaban J connectivity index is 2.83. The van der Waals surface area contributed by atoms with Gasteiger partial charge in [0.05, 0.1) is 4.90 Å². The summed E-state index contributed by atoms with van der Waals surface area (Å²) in [5, 5.41) is 8.97. The molecule has 19 heavy (non-hydrogen) atoms. The number of benzene rings is 1. The van der Waals surface area contributed by atoms with Crippen LogP contribution in [0.3, 0.4) is 0 Å². The van der Waals surface area contributed by atoms with Gasteiger partial charge < -0.3 is 5.11 Å². The van der Waals surface area contributed by atoms with Crippen molar-refractivity contribution < 1.29 is 18.3 Å². The average Bonchev–Trinajstić information content (AvgIpc) is 2.24. The Morgan fingerprint density at radius 1 is 1.32 bits per heavy atom. The number of sulfonamides is 1. The maximum absolute atomic E-state index is 12.0. The van der Waals surface area contributed by atoms with Gasteiger partial charge in [-0.3, -0.25) is 4.79 Å². The number of halogens is 2. The summed E-state index contributed by atoms with van der Waals surface area (Å²) < 4.78 is 26.4. The van der Waals surface area contributed by atoms with Crippen LogP contribution in [-0.4, -0.2) is 25.5 Å². The minimum atomic E-state index is -3.76. The zero-order chi connectivity index (χ0) is 14.6. The van der Waals surface area contributed by atoms with Gasteiger partial charge in [0.25, 0.3) is 0 Å². The van der Waals surface area contributed by atoms with Gasteiger partial charge in [-0.05, 0) is 31.5 Å². The van der Waals surface area contributed by atoms with Crippen LogP contribution >= 0.6 is 23.2 Å². The lowest BCUT2D eigenvalue weighted by Gasteiger charge is -2.13. The fourth-order valence-corrected chi connectivity index (χ4v) is 3.42. The molecule has 2 N–H and O–H groups in total. The molecule has 0 saturated heterocycles. The summed E-state index contributed by atoms with van der Waals surface area (Å²) in [6.45, 7) is 1.59. The van der Waals surface area contributed by atoms with Crippen molar-refractivity contribution >= 4 is 39.2 Å². The van der Waals surface area contributed by atoms with E-state index in [4.69, 9.17) is 28.3 Å². The Bertz CT molecular complexity index is 554. The number of nitrogens with one attached hydrogen (secondary N) is 1. The Hall–Kier alpha value is -0.820. The Morgan fingerprint density at radius 2 is 1.84 bits per heavy atom. The van der Waals surface area contributed by atoms with E-state index >= 15 is 0 Å². The fourth-order valence-electron chi connectivity index (χ4n) is 1.42. The molecule has 0 heterocycles. The highest BCUT2D eigenvalue weighted by atomic mass is 35.5. The molecule has 0 spiro atoms. The van der Waals surface area contributed by atoms with Crippen LogP contribution in [0.2, 0.25) is 10.0 Å². The van der Waals surface area contributed by atoms with Gasteiger partial charge in [-0.2, -0.15) is 0 Å². The molecule has 5 nitrogen and oxygen atoms in total. The molecule has 0 saturated carbocycles. The second-order valence-electron chi connectivity index (χ2n) is 4.06. The first-order valence-corrected chi connectivity index (χ1v) is 7.65. The molecule has 0 aliphatic carbocycles. The van der Waals surface area contributed by atoms with Crippen molar-refractivity contribution in [3.05, 3.63) is 28.2 Å². The third-order valence-electron chi connectivity index (χ3n) is 2.29. The van der Waals surface area contributed by atoms with Crippen molar-refractivity contribution in [2.75, 3.05) is 0 Å². The van der Waals surface area contributed by atoms with Crippen molar-refractivity contribution in [3.8, 4) is 0 Å². The second-order valence-corrected chi connectivity index (χ2v) is 6.65. The van der Waals surface area contributed by atoms with Gasteiger partial charge in [-0.1, -0.05) is 23.2 Å². The van der Waals surface area contributed by atoms with Gasteiger partial charge in [-0.15, -0.1) is 0 Å². The normalized spacial score (nSPS) is 13.2. The molecule has 0 aromatic heterocycles. The number of rotatable bonds is 6. The SMILES string of the molecule is CC(CCC(=O)O)NS(=O)(=O)c1cc(Cl)cc(Cl)c1. The molecule has 0 fully saturated rings. The van der Waals surface area contributed by atoms with E-state index in [9.17, 15) is 13.2 Å². The molecule has 1 aromatic rings. The van der Waals surface area contributed by atoms with Gasteiger partial charge in [0.2, 0.25) is 10.0 Å². The first-order valence-electron chi connectivity index (χ1n) is 5.41. The molecule has 0 aliphatic heterocycles. The van der Waals surface area contributed by atoms with Crippen LogP contribution in [0.15, 0.2) is 23.1 Å². The van der Waals surface area contributed by atoms with Crippen LogP contribution in [0, 0.1) is 0 Å². The highest BCUT2D eigenvalue weighted by Crippen LogP contribution is 2.22. The molecular weight excluding hydrogens is 313 g/mol. The van der Waals surface area contributed by atoms with Crippen LogP contribution < -0.4 is 4.72 Å². The van der Waals surface area contributed by atoms with Gasteiger partial charge >= 0.3 is 5.97 Å². The highest BCUT2D eigenvalue weighted by Gasteiger charge is 2.19. The summed E-state index contributed by atoms with van der Waals surface area (Å²) in [7, 11) is -3.76. The van der Waals surface area contributed by atoms with E-state index in [0.29, 0.717) is 0 Å². The molecule has 0 amide bonds. The number of hydrogen-bond acceptors (Lipinski definition) is 3. The van der Waals surface area contributed by atoms with Crippen molar-refractivity contribution in [3.63, 3.8) is 0 Å². The van der Waals surface area contributed by atoms with Crippen molar-refractivity contribution in [1.29, 1.82) is 0 Å². The second kappa shape index (κ2) is 6.56. The molecule has 0 radical (unpaired) electrons. The maximum atomic E-state index is 12.0. The predicted octanol–water partition coefficient (Wildman–Crippen LogP) is 2.53. The van der Waals surface area contributed by atoms with Crippen LogP contribution in [0.1, 0.15) is 19.8 Å². The lowest BCUT2D eigenvalue weighted by Crippen LogP contribution is -2.33. The van der Waals surface area contributed by atoms with Crippen LogP contribution in [0.4, 0.5) is 0 Å². The largest absolute Gasteiger partial charge is 0.481 e.